The van der Waals surface area contributed by atoms with Gasteiger partial charge in [-0.3, -0.25) is 4.84 Å². The summed E-state index contributed by atoms with van der Waals surface area (Å²) in [6, 6.07) is 10.6. The lowest BCUT2D eigenvalue weighted by Crippen LogP contribution is -2.67. The van der Waals surface area contributed by atoms with Crippen molar-refractivity contribution in [1.82, 2.24) is 5.06 Å². The van der Waals surface area contributed by atoms with Crippen LogP contribution in [-0.4, -0.2) is 41.2 Å². The fourth-order valence-corrected chi connectivity index (χ4v) is 5.01. The summed E-state index contributed by atoms with van der Waals surface area (Å²) < 4.78 is 12.7. The van der Waals surface area contributed by atoms with Crippen molar-refractivity contribution in [2.24, 2.45) is 0 Å². The van der Waals surface area contributed by atoms with Crippen molar-refractivity contribution >= 4 is 0 Å². The second-order valence-corrected chi connectivity index (χ2v) is 8.83. The van der Waals surface area contributed by atoms with Crippen LogP contribution in [0.4, 0.5) is 0 Å². The molecule has 2 saturated heterocycles. The van der Waals surface area contributed by atoms with E-state index in [0.29, 0.717) is 13.2 Å². The molecule has 0 aliphatic carbocycles. The first-order valence-electron chi connectivity index (χ1n) is 10.7. The van der Waals surface area contributed by atoms with Gasteiger partial charge in [0.05, 0.1) is 24.9 Å². The lowest BCUT2D eigenvalue weighted by Gasteiger charge is -2.58. The monoisotopic (exact) mass is 375 g/mol. The van der Waals surface area contributed by atoms with Gasteiger partial charge in [-0.15, -0.1) is 0 Å². The lowest BCUT2D eigenvalue weighted by atomic mass is 9.73. The van der Waals surface area contributed by atoms with Crippen LogP contribution in [-0.2, 0) is 20.7 Å². The first-order chi connectivity index (χ1) is 12.9. The molecule has 1 aromatic carbocycles. The molecule has 0 amide bonds. The summed E-state index contributed by atoms with van der Waals surface area (Å²) in [5.74, 6) is -0.463. The molecule has 152 valence electrons. The Kier molecular flexibility index (Phi) is 6.31. The van der Waals surface area contributed by atoms with E-state index in [0.717, 1.165) is 38.5 Å². The number of hydrogen-bond acceptors (Lipinski definition) is 4. The van der Waals surface area contributed by atoms with E-state index in [-0.39, 0.29) is 17.2 Å². The second-order valence-electron chi connectivity index (χ2n) is 8.83. The minimum Gasteiger partial charge on any atom is -0.347 e. The molecular weight excluding hydrogens is 338 g/mol. The van der Waals surface area contributed by atoms with Gasteiger partial charge in [-0.05, 0) is 45.1 Å². The van der Waals surface area contributed by atoms with E-state index in [1.807, 2.05) is 0 Å². The van der Waals surface area contributed by atoms with Gasteiger partial charge >= 0.3 is 0 Å². The van der Waals surface area contributed by atoms with Crippen molar-refractivity contribution < 1.29 is 14.3 Å². The van der Waals surface area contributed by atoms with Crippen LogP contribution in [0.2, 0.25) is 0 Å². The van der Waals surface area contributed by atoms with Crippen LogP contribution in [0.5, 0.6) is 0 Å². The summed E-state index contributed by atoms with van der Waals surface area (Å²) in [7, 11) is 0. The molecule has 2 heterocycles. The Morgan fingerprint density at radius 2 is 1.78 bits per heavy atom. The van der Waals surface area contributed by atoms with Gasteiger partial charge in [-0.2, -0.15) is 5.06 Å². The van der Waals surface area contributed by atoms with Crippen LogP contribution in [0.25, 0.3) is 0 Å². The molecule has 2 unspecified atom stereocenters. The highest BCUT2D eigenvalue weighted by molar-refractivity contribution is 5.14. The molecule has 0 radical (unpaired) electrons. The highest BCUT2D eigenvalue weighted by Gasteiger charge is 2.59. The predicted octanol–water partition coefficient (Wildman–Crippen LogP) is 5.12. The maximum atomic E-state index is 6.48. The van der Waals surface area contributed by atoms with Crippen molar-refractivity contribution in [1.29, 1.82) is 0 Å². The number of benzene rings is 1. The minimum atomic E-state index is -0.463. The average Bonchev–Trinajstić information content (AvgIpc) is 3.05. The fraction of sp³-hybridized carbons (Fsp3) is 0.739. The number of piperidine rings is 1. The van der Waals surface area contributed by atoms with E-state index in [1.165, 1.54) is 5.56 Å². The molecular formula is C23H37NO3. The Hall–Kier alpha value is -0.940. The topological polar surface area (TPSA) is 30.9 Å². The van der Waals surface area contributed by atoms with E-state index in [2.05, 4.69) is 70.0 Å². The van der Waals surface area contributed by atoms with Gasteiger partial charge in [0, 0.05) is 18.4 Å². The Balaban J connectivity index is 1.76. The average molecular weight is 376 g/mol. The van der Waals surface area contributed by atoms with Crippen molar-refractivity contribution in [3.05, 3.63) is 35.9 Å². The third-order valence-electron chi connectivity index (χ3n) is 6.42. The maximum absolute atomic E-state index is 6.48. The molecule has 2 fully saturated rings. The molecule has 4 nitrogen and oxygen atoms in total. The van der Waals surface area contributed by atoms with Gasteiger partial charge in [-0.1, -0.05) is 51.1 Å². The van der Waals surface area contributed by atoms with Gasteiger partial charge in [-0.25, -0.2) is 0 Å². The van der Waals surface area contributed by atoms with Crippen LogP contribution >= 0.6 is 0 Å². The number of nitrogens with zero attached hydrogens (tertiary/aromatic N) is 1. The van der Waals surface area contributed by atoms with Crippen LogP contribution in [0.15, 0.2) is 30.3 Å². The summed E-state index contributed by atoms with van der Waals surface area (Å²) in [6.45, 7) is 12.6. The van der Waals surface area contributed by atoms with Gasteiger partial charge in [0.2, 0.25) is 0 Å². The van der Waals surface area contributed by atoms with Gasteiger partial charge < -0.3 is 9.47 Å². The molecule has 1 spiro atoms. The van der Waals surface area contributed by atoms with E-state index in [9.17, 15) is 0 Å². The number of hydrogen-bond donors (Lipinski definition) is 0. The first-order valence-corrected chi connectivity index (χ1v) is 10.7. The van der Waals surface area contributed by atoms with Crippen LogP contribution in [0.3, 0.4) is 0 Å². The molecule has 1 aromatic rings. The standard InChI is InChI=1S/C23H37NO3/c1-6-20-16-25-23(27-20)17-21(4,5)24(22(7-2,8-3)18-23)26-15-14-19-12-10-9-11-13-19/h9-13,20H,6-8,14-18H2,1-5H3. The fourth-order valence-electron chi connectivity index (χ4n) is 5.01. The molecule has 0 saturated carbocycles. The molecule has 0 N–H and O–H groups in total. The van der Waals surface area contributed by atoms with Crippen molar-refractivity contribution in [3.63, 3.8) is 0 Å². The van der Waals surface area contributed by atoms with Crippen LogP contribution < -0.4 is 0 Å². The minimum absolute atomic E-state index is 0.0684. The summed E-state index contributed by atoms with van der Waals surface area (Å²) in [6.07, 6.45) is 5.89. The number of rotatable bonds is 7. The molecule has 27 heavy (non-hydrogen) atoms. The SMILES string of the molecule is CCC1COC2(CC(C)(C)N(OCCc3ccccc3)C(CC)(CC)C2)O1. The molecule has 0 aromatic heterocycles. The van der Waals surface area contributed by atoms with E-state index < -0.39 is 5.79 Å². The molecule has 0 bridgehead atoms. The van der Waals surface area contributed by atoms with E-state index >= 15 is 0 Å². The molecule has 4 heteroatoms. The van der Waals surface area contributed by atoms with Crippen LogP contribution in [0.1, 0.15) is 72.3 Å². The largest absolute Gasteiger partial charge is 0.347 e. The zero-order valence-electron chi connectivity index (χ0n) is 17.8. The quantitative estimate of drug-likeness (QED) is 0.662. The summed E-state index contributed by atoms with van der Waals surface area (Å²) >= 11 is 0. The highest BCUT2D eigenvalue weighted by atomic mass is 16.7. The Morgan fingerprint density at radius 1 is 1.07 bits per heavy atom. The Labute approximate surface area is 165 Å². The summed E-state index contributed by atoms with van der Waals surface area (Å²) in [4.78, 5) is 6.48. The van der Waals surface area contributed by atoms with Crippen molar-refractivity contribution in [2.75, 3.05) is 13.2 Å². The lowest BCUT2D eigenvalue weighted by molar-refractivity contribution is -0.345. The normalized spacial score (nSPS) is 30.0. The summed E-state index contributed by atoms with van der Waals surface area (Å²) in [5.41, 5.74) is 1.10. The zero-order valence-corrected chi connectivity index (χ0v) is 17.8. The Morgan fingerprint density at radius 3 is 2.37 bits per heavy atom. The van der Waals surface area contributed by atoms with Gasteiger partial charge in [0.25, 0.3) is 0 Å². The highest BCUT2D eigenvalue weighted by Crippen LogP contribution is 2.51. The Bertz CT molecular complexity index is 599. The number of hydroxylamine groups is 2. The van der Waals surface area contributed by atoms with Gasteiger partial charge in [0.15, 0.2) is 5.79 Å². The smallest absolute Gasteiger partial charge is 0.172 e. The van der Waals surface area contributed by atoms with Crippen LogP contribution in [0, 0.1) is 0 Å². The predicted molar refractivity (Wildman–Crippen MR) is 108 cm³/mol. The summed E-state index contributed by atoms with van der Waals surface area (Å²) in [5, 5.41) is 2.29. The van der Waals surface area contributed by atoms with Gasteiger partial charge in [0.1, 0.15) is 0 Å². The third kappa shape index (κ3) is 4.24. The second kappa shape index (κ2) is 8.20. The zero-order chi connectivity index (χ0) is 19.5. The maximum Gasteiger partial charge on any atom is 0.172 e. The van der Waals surface area contributed by atoms with Crippen molar-refractivity contribution in [2.45, 2.75) is 96.1 Å². The number of ether oxygens (including phenoxy) is 2. The molecule has 2 aliphatic heterocycles. The molecule has 2 aliphatic rings. The van der Waals surface area contributed by atoms with Crippen molar-refractivity contribution in [3.8, 4) is 0 Å². The third-order valence-corrected chi connectivity index (χ3v) is 6.42. The van der Waals surface area contributed by atoms with E-state index in [1.54, 1.807) is 0 Å². The van der Waals surface area contributed by atoms with E-state index in [4.69, 9.17) is 14.3 Å². The molecule has 3 rings (SSSR count). The molecule has 2 atom stereocenters. The first kappa shape index (κ1) is 20.8.